The summed E-state index contributed by atoms with van der Waals surface area (Å²) >= 11 is 0. The lowest BCUT2D eigenvalue weighted by Gasteiger charge is -2.60. The summed E-state index contributed by atoms with van der Waals surface area (Å²) in [7, 11) is 0. The summed E-state index contributed by atoms with van der Waals surface area (Å²) in [5, 5.41) is 10.5. The van der Waals surface area contributed by atoms with Gasteiger partial charge < -0.3 is 5.11 Å². The van der Waals surface area contributed by atoms with Crippen LogP contribution >= 0.6 is 0 Å². The number of carbonyl (C=O) groups is 1. The van der Waals surface area contributed by atoms with E-state index in [9.17, 15) is 9.90 Å². The monoisotopic (exact) mass is 302 g/mol. The summed E-state index contributed by atoms with van der Waals surface area (Å²) in [6.07, 6.45) is 8.53. The maximum Gasteiger partial charge on any atom is 0.159 e. The van der Waals surface area contributed by atoms with E-state index in [2.05, 4.69) is 40.3 Å². The van der Waals surface area contributed by atoms with Crippen LogP contribution in [0, 0.1) is 28.1 Å². The van der Waals surface area contributed by atoms with Crippen molar-refractivity contribution in [3.63, 3.8) is 0 Å². The molecule has 22 heavy (non-hydrogen) atoms. The van der Waals surface area contributed by atoms with Crippen molar-refractivity contribution >= 4 is 5.78 Å². The lowest BCUT2D eigenvalue weighted by molar-refractivity contribution is -0.147. The molecule has 3 aliphatic rings. The number of hydrogen-bond acceptors (Lipinski definition) is 2. The Balaban J connectivity index is 2.05. The van der Waals surface area contributed by atoms with Gasteiger partial charge in [0.1, 0.15) is 0 Å². The van der Waals surface area contributed by atoms with Crippen LogP contribution in [-0.2, 0) is 4.79 Å². The molecule has 2 fully saturated rings. The molecule has 0 heterocycles. The summed E-state index contributed by atoms with van der Waals surface area (Å²) in [5.41, 5.74) is 0.992. The van der Waals surface area contributed by atoms with Crippen LogP contribution in [0.25, 0.3) is 0 Å². The molecule has 0 amide bonds. The quantitative estimate of drug-likeness (QED) is 0.734. The third-order valence-electron chi connectivity index (χ3n) is 7.32. The fraction of sp³-hybridized carbons (Fsp3) is 0.750. The Kier molecular flexibility index (Phi) is 3.49. The normalized spacial score (nSPS) is 47.2. The highest BCUT2D eigenvalue weighted by atomic mass is 16.3. The van der Waals surface area contributed by atoms with Crippen molar-refractivity contribution in [2.75, 3.05) is 0 Å². The van der Waals surface area contributed by atoms with Gasteiger partial charge in [-0.1, -0.05) is 39.8 Å². The van der Waals surface area contributed by atoms with Crippen molar-refractivity contribution < 1.29 is 9.90 Å². The van der Waals surface area contributed by atoms with Gasteiger partial charge in [0.05, 0.1) is 6.10 Å². The summed E-state index contributed by atoms with van der Waals surface area (Å²) in [6, 6.07) is 0. The third kappa shape index (κ3) is 2.06. The molecular formula is C20H30O2. The minimum absolute atomic E-state index is 0.0333. The smallest absolute Gasteiger partial charge is 0.159 e. The van der Waals surface area contributed by atoms with Crippen molar-refractivity contribution in [3.05, 3.63) is 24.3 Å². The van der Waals surface area contributed by atoms with E-state index in [1.807, 2.05) is 6.08 Å². The van der Waals surface area contributed by atoms with Crippen LogP contribution in [0.15, 0.2) is 24.3 Å². The van der Waals surface area contributed by atoms with Crippen LogP contribution in [0.4, 0.5) is 0 Å². The van der Waals surface area contributed by atoms with Crippen molar-refractivity contribution in [2.24, 2.45) is 28.1 Å². The summed E-state index contributed by atoms with van der Waals surface area (Å²) in [6.45, 7) is 12.8. The highest BCUT2D eigenvalue weighted by Gasteiger charge is 2.58. The van der Waals surface area contributed by atoms with Gasteiger partial charge in [-0.2, -0.15) is 0 Å². The van der Waals surface area contributed by atoms with Gasteiger partial charge in [0.2, 0.25) is 0 Å². The van der Waals surface area contributed by atoms with Gasteiger partial charge in [0, 0.05) is 11.8 Å². The molecule has 2 unspecified atom stereocenters. The zero-order chi connectivity index (χ0) is 16.3. The van der Waals surface area contributed by atoms with Crippen molar-refractivity contribution in [1.29, 1.82) is 0 Å². The number of carbonyl (C=O) groups excluding carboxylic acids is 1. The van der Waals surface area contributed by atoms with E-state index in [0.717, 1.165) is 31.3 Å². The molecule has 2 nitrogen and oxygen atoms in total. The van der Waals surface area contributed by atoms with Gasteiger partial charge in [0.15, 0.2) is 5.78 Å². The minimum atomic E-state index is -0.286. The molecule has 0 aromatic carbocycles. The van der Waals surface area contributed by atoms with Gasteiger partial charge in [-0.15, -0.1) is 6.58 Å². The maximum absolute atomic E-state index is 12.8. The number of rotatable bonds is 1. The van der Waals surface area contributed by atoms with Crippen molar-refractivity contribution in [2.45, 2.75) is 65.9 Å². The van der Waals surface area contributed by atoms with Crippen LogP contribution < -0.4 is 0 Å². The Hall–Kier alpha value is -0.890. The Morgan fingerprint density at radius 1 is 1.23 bits per heavy atom. The first kappa shape index (κ1) is 16.0. The number of ketones is 1. The van der Waals surface area contributed by atoms with E-state index < -0.39 is 0 Å². The second kappa shape index (κ2) is 4.80. The van der Waals surface area contributed by atoms with Crippen LogP contribution in [0.5, 0.6) is 0 Å². The summed E-state index contributed by atoms with van der Waals surface area (Å²) in [4.78, 5) is 12.8. The van der Waals surface area contributed by atoms with E-state index >= 15 is 0 Å². The molecule has 0 aromatic rings. The van der Waals surface area contributed by atoms with Gasteiger partial charge in [-0.3, -0.25) is 4.79 Å². The molecule has 3 aliphatic carbocycles. The van der Waals surface area contributed by atoms with Crippen LogP contribution in [0.2, 0.25) is 0 Å². The Morgan fingerprint density at radius 2 is 1.91 bits per heavy atom. The SMILES string of the molecule is C=C[C@@]1(C)C=C2C(=O)CC3C(C)(C)[C@H](O)CC[C@@]3(C)C2CC1. The Morgan fingerprint density at radius 3 is 2.55 bits per heavy atom. The predicted octanol–water partition coefficient (Wildman–Crippen LogP) is 4.29. The standard InChI is InChI=1S/C20H30O2/c1-6-19(4)9-7-14-13(12-19)15(21)11-16-18(2,3)17(22)8-10-20(14,16)5/h6,12,14,16-17,22H,1,7-11H2,2-5H3/t14?,16?,17-,19-,20+/m1/s1. The number of aliphatic hydroxyl groups is 1. The molecule has 0 saturated heterocycles. The first-order valence-electron chi connectivity index (χ1n) is 8.72. The summed E-state index contributed by atoms with van der Waals surface area (Å²) < 4.78 is 0. The van der Waals surface area contributed by atoms with E-state index in [1.165, 1.54) is 0 Å². The summed E-state index contributed by atoms with van der Waals surface area (Å²) in [5.74, 6) is 0.951. The topological polar surface area (TPSA) is 37.3 Å². The molecule has 3 rings (SSSR count). The highest BCUT2D eigenvalue weighted by Crippen LogP contribution is 2.62. The predicted molar refractivity (Wildman–Crippen MR) is 89.4 cm³/mol. The van der Waals surface area contributed by atoms with E-state index in [4.69, 9.17) is 0 Å². The zero-order valence-electron chi connectivity index (χ0n) is 14.5. The molecule has 5 atom stereocenters. The number of fused-ring (bicyclic) bond motifs is 3. The molecular weight excluding hydrogens is 272 g/mol. The number of aliphatic hydroxyl groups excluding tert-OH is 1. The highest BCUT2D eigenvalue weighted by molar-refractivity contribution is 5.97. The molecule has 0 bridgehead atoms. The number of hydrogen-bond donors (Lipinski definition) is 1. The van der Waals surface area contributed by atoms with Gasteiger partial charge in [-0.25, -0.2) is 0 Å². The molecule has 2 heteroatoms. The number of allylic oxidation sites excluding steroid dienone is 3. The van der Waals surface area contributed by atoms with Crippen LogP contribution in [-0.4, -0.2) is 17.0 Å². The van der Waals surface area contributed by atoms with Crippen LogP contribution in [0.1, 0.15) is 59.8 Å². The first-order valence-corrected chi connectivity index (χ1v) is 8.72. The molecule has 0 radical (unpaired) electrons. The van der Waals surface area contributed by atoms with Gasteiger partial charge in [0.25, 0.3) is 0 Å². The Bertz CT molecular complexity index is 544. The molecule has 0 spiro atoms. The van der Waals surface area contributed by atoms with E-state index in [0.29, 0.717) is 18.1 Å². The average Bonchev–Trinajstić information content (AvgIpc) is 2.47. The van der Waals surface area contributed by atoms with E-state index in [-0.39, 0.29) is 28.3 Å². The molecule has 122 valence electrons. The first-order chi connectivity index (χ1) is 10.1. The molecule has 0 aromatic heterocycles. The molecule has 0 aliphatic heterocycles. The van der Waals surface area contributed by atoms with Crippen molar-refractivity contribution in [1.82, 2.24) is 0 Å². The minimum Gasteiger partial charge on any atom is -0.393 e. The van der Waals surface area contributed by atoms with Gasteiger partial charge in [-0.05, 0) is 53.9 Å². The van der Waals surface area contributed by atoms with Crippen LogP contribution in [0.3, 0.4) is 0 Å². The average molecular weight is 302 g/mol. The fourth-order valence-electron chi connectivity index (χ4n) is 5.55. The fourth-order valence-corrected chi connectivity index (χ4v) is 5.55. The molecule has 1 N–H and O–H groups in total. The Labute approximate surface area is 134 Å². The second-order valence-corrected chi connectivity index (χ2v) is 8.96. The lowest BCUT2D eigenvalue weighted by Crippen LogP contribution is -2.57. The van der Waals surface area contributed by atoms with Crippen molar-refractivity contribution in [3.8, 4) is 0 Å². The van der Waals surface area contributed by atoms with Gasteiger partial charge >= 0.3 is 0 Å². The van der Waals surface area contributed by atoms with E-state index in [1.54, 1.807) is 0 Å². The molecule has 2 saturated carbocycles. The maximum atomic E-state index is 12.8. The number of Topliss-reactive ketones (excluding diaryl/α,β-unsaturated/α-hetero) is 1. The zero-order valence-corrected chi connectivity index (χ0v) is 14.5. The third-order valence-corrected chi connectivity index (χ3v) is 7.32. The lowest BCUT2D eigenvalue weighted by atomic mass is 9.45. The largest absolute Gasteiger partial charge is 0.393 e. The second-order valence-electron chi connectivity index (χ2n) is 8.96.